The fraction of sp³-hybridized carbons (Fsp3) is 0.467. The molecule has 2 atom stereocenters. The summed E-state index contributed by atoms with van der Waals surface area (Å²) in [6, 6.07) is 8.00. The van der Waals surface area contributed by atoms with Gasteiger partial charge in [-0.05, 0) is 39.3 Å². The Morgan fingerprint density at radius 3 is 2.63 bits per heavy atom. The van der Waals surface area contributed by atoms with E-state index in [1.807, 2.05) is 18.2 Å². The Hall–Kier alpha value is -1.84. The van der Waals surface area contributed by atoms with Gasteiger partial charge in [0.1, 0.15) is 5.82 Å². The van der Waals surface area contributed by atoms with E-state index in [4.69, 9.17) is 5.11 Å². The van der Waals surface area contributed by atoms with Gasteiger partial charge in [-0.25, -0.2) is 4.98 Å². The normalized spacial score (nSPS) is 22.7. The van der Waals surface area contributed by atoms with Crippen LogP contribution in [0.5, 0.6) is 0 Å². The minimum absolute atomic E-state index is 0.0594. The number of hydrogen-bond acceptors (Lipinski definition) is 2. The molecular weight excluding hydrogens is 240 g/mol. The van der Waals surface area contributed by atoms with E-state index in [0.717, 1.165) is 16.9 Å². The molecule has 0 aliphatic heterocycles. The average molecular weight is 258 g/mol. The second-order valence-corrected chi connectivity index (χ2v) is 6.25. The first-order chi connectivity index (χ1) is 8.89. The van der Waals surface area contributed by atoms with Gasteiger partial charge in [0, 0.05) is 11.5 Å². The predicted octanol–water partition coefficient (Wildman–Crippen LogP) is 2.98. The molecule has 2 unspecified atom stereocenters. The Morgan fingerprint density at radius 1 is 1.37 bits per heavy atom. The lowest BCUT2D eigenvalue weighted by atomic mass is 10.1. The Labute approximate surface area is 112 Å². The van der Waals surface area contributed by atoms with Crippen molar-refractivity contribution in [3.63, 3.8) is 0 Å². The van der Waals surface area contributed by atoms with Crippen LogP contribution in [-0.2, 0) is 10.3 Å². The van der Waals surface area contributed by atoms with Gasteiger partial charge in [-0.15, -0.1) is 0 Å². The lowest BCUT2D eigenvalue weighted by molar-refractivity contribution is -0.138. The first-order valence-electron chi connectivity index (χ1n) is 6.60. The number of imidazole rings is 1. The summed E-state index contributed by atoms with van der Waals surface area (Å²) in [7, 11) is 0. The SMILES string of the molecule is CC(C)(C)n1c(C2CC2C(=O)O)nc2ccccc21. The lowest BCUT2D eigenvalue weighted by Crippen LogP contribution is -2.24. The maximum Gasteiger partial charge on any atom is 0.307 e. The second kappa shape index (κ2) is 3.83. The van der Waals surface area contributed by atoms with Gasteiger partial charge in [0.05, 0.1) is 17.0 Å². The third-order valence-corrected chi connectivity index (χ3v) is 3.70. The number of carbonyl (C=O) groups is 1. The van der Waals surface area contributed by atoms with Crippen molar-refractivity contribution in [2.24, 2.45) is 5.92 Å². The number of benzene rings is 1. The number of fused-ring (bicyclic) bond motifs is 1. The van der Waals surface area contributed by atoms with Crippen LogP contribution in [0.15, 0.2) is 24.3 Å². The number of aromatic nitrogens is 2. The highest BCUT2D eigenvalue weighted by Gasteiger charge is 2.48. The highest BCUT2D eigenvalue weighted by molar-refractivity contribution is 5.78. The largest absolute Gasteiger partial charge is 0.481 e. The zero-order chi connectivity index (χ0) is 13.8. The minimum atomic E-state index is -0.711. The molecule has 1 aliphatic rings. The highest BCUT2D eigenvalue weighted by Crippen LogP contribution is 2.48. The van der Waals surface area contributed by atoms with E-state index in [1.54, 1.807) is 0 Å². The molecule has 1 aromatic heterocycles. The molecule has 3 rings (SSSR count). The van der Waals surface area contributed by atoms with Crippen molar-refractivity contribution < 1.29 is 9.90 Å². The van der Waals surface area contributed by atoms with Crippen LogP contribution in [0.25, 0.3) is 11.0 Å². The fourth-order valence-electron chi connectivity index (χ4n) is 2.75. The number of nitrogens with zero attached hydrogens (tertiary/aromatic N) is 2. The summed E-state index contributed by atoms with van der Waals surface area (Å²) in [4.78, 5) is 15.8. The standard InChI is InChI=1S/C15H18N2O2/c1-15(2,3)17-12-7-5-4-6-11(12)16-13(17)9-8-10(9)14(18)19/h4-7,9-10H,8H2,1-3H3,(H,18,19). The lowest BCUT2D eigenvalue weighted by Gasteiger charge is -2.24. The van der Waals surface area contributed by atoms with Crippen LogP contribution in [-0.4, -0.2) is 20.6 Å². The third kappa shape index (κ3) is 1.91. The smallest absolute Gasteiger partial charge is 0.307 e. The van der Waals surface area contributed by atoms with E-state index < -0.39 is 5.97 Å². The molecule has 100 valence electrons. The van der Waals surface area contributed by atoms with E-state index in [9.17, 15) is 4.79 Å². The summed E-state index contributed by atoms with van der Waals surface area (Å²) < 4.78 is 2.19. The van der Waals surface area contributed by atoms with E-state index in [2.05, 4.69) is 36.4 Å². The van der Waals surface area contributed by atoms with Gasteiger partial charge < -0.3 is 9.67 Å². The molecule has 0 radical (unpaired) electrons. The molecule has 19 heavy (non-hydrogen) atoms. The molecule has 1 fully saturated rings. The molecule has 0 spiro atoms. The summed E-state index contributed by atoms with van der Waals surface area (Å²) in [5.74, 6) is 0.000604. The molecule has 2 aromatic rings. The number of para-hydroxylation sites is 2. The zero-order valence-electron chi connectivity index (χ0n) is 11.4. The molecule has 1 aromatic carbocycles. The van der Waals surface area contributed by atoms with Crippen LogP contribution in [0.1, 0.15) is 38.9 Å². The van der Waals surface area contributed by atoms with Crippen molar-refractivity contribution in [3.05, 3.63) is 30.1 Å². The molecule has 1 aliphatic carbocycles. The predicted molar refractivity (Wildman–Crippen MR) is 73.2 cm³/mol. The van der Waals surface area contributed by atoms with Gasteiger partial charge in [-0.1, -0.05) is 12.1 Å². The Kier molecular flexibility index (Phi) is 2.46. The summed E-state index contributed by atoms with van der Waals surface area (Å²) in [6.45, 7) is 6.38. The molecule has 1 heterocycles. The van der Waals surface area contributed by atoms with Crippen molar-refractivity contribution in [1.82, 2.24) is 9.55 Å². The second-order valence-electron chi connectivity index (χ2n) is 6.25. The summed E-state index contributed by atoms with van der Waals surface area (Å²) in [5.41, 5.74) is 1.93. The molecule has 0 bridgehead atoms. The molecular formula is C15H18N2O2. The van der Waals surface area contributed by atoms with Crippen molar-refractivity contribution >= 4 is 17.0 Å². The molecule has 1 saturated carbocycles. The van der Waals surface area contributed by atoms with E-state index >= 15 is 0 Å². The van der Waals surface area contributed by atoms with Crippen LogP contribution in [0.2, 0.25) is 0 Å². The van der Waals surface area contributed by atoms with Crippen molar-refractivity contribution in [1.29, 1.82) is 0 Å². The van der Waals surface area contributed by atoms with Gasteiger partial charge in [0.25, 0.3) is 0 Å². The number of hydrogen-bond donors (Lipinski definition) is 1. The molecule has 0 amide bonds. The zero-order valence-corrected chi connectivity index (χ0v) is 11.4. The van der Waals surface area contributed by atoms with Gasteiger partial charge in [-0.3, -0.25) is 4.79 Å². The number of rotatable bonds is 2. The average Bonchev–Trinajstić information content (AvgIpc) is 3.01. The fourth-order valence-corrected chi connectivity index (χ4v) is 2.75. The monoisotopic (exact) mass is 258 g/mol. The van der Waals surface area contributed by atoms with Crippen molar-refractivity contribution in [2.45, 2.75) is 38.6 Å². The van der Waals surface area contributed by atoms with Gasteiger partial charge in [0.2, 0.25) is 0 Å². The maximum absolute atomic E-state index is 11.1. The number of carboxylic acids is 1. The first-order valence-corrected chi connectivity index (χ1v) is 6.60. The molecule has 1 N–H and O–H groups in total. The number of carboxylic acid groups (broad SMARTS) is 1. The Balaban J connectivity index is 2.17. The molecule has 4 heteroatoms. The van der Waals surface area contributed by atoms with E-state index in [-0.39, 0.29) is 17.4 Å². The van der Waals surface area contributed by atoms with E-state index in [1.165, 1.54) is 0 Å². The summed E-state index contributed by atoms with van der Waals surface area (Å²) in [6.07, 6.45) is 0.703. The first kappa shape index (κ1) is 12.2. The van der Waals surface area contributed by atoms with E-state index in [0.29, 0.717) is 6.42 Å². The van der Waals surface area contributed by atoms with Crippen LogP contribution < -0.4 is 0 Å². The Morgan fingerprint density at radius 2 is 2.05 bits per heavy atom. The van der Waals surface area contributed by atoms with Crippen molar-refractivity contribution in [2.75, 3.05) is 0 Å². The van der Waals surface area contributed by atoms with Crippen LogP contribution >= 0.6 is 0 Å². The molecule has 4 nitrogen and oxygen atoms in total. The highest BCUT2D eigenvalue weighted by atomic mass is 16.4. The van der Waals surface area contributed by atoms with Gasteiger partial charge >= 0.3 is 5.97 Å². The number of aliphatic carboxylic acids is 1. The van der Waals surface area contributed by atoms with Crippen LogP contribution in [0, 0.1) is 5.92 Å². The van der Waals surface area contributed by atoms with Gasteiger partial charge in [0.15, 0.2) is 0 Å². The maximum atomic E-state index is 11.1. The third-order valence-electron chi connectivity index (χ3n) is 3.70. The quantitative estimate of drug-likeness (QED) is 0.901. The van der Waals surface area contributed by atoms with Crippen LogP contribution in [0.4, 0.5) is 0 Å². The summed E-state index contributed by atoms with van der Waals surface area (Å²) in [5, 5.41) is 9.12. The molecule has 0 saturated heterocycles. The van der Waals surface area contributed by atoms with Crippen LogP contribution in [0.3, 0.4) is 0 Å². The Bertz CT molecular complexity index is 652. The minimum Gasteiger partial charge on any atom is -0.481 e. The topological polar surface area (TPSA) is 55.1 Å². The van der Waals surface area contributed by atoms with Gasteiger partial charge in [-0.2, -0.15) is 0 Å². The van der Waals surface area contributed by atoms with Crippen molar-refractivity contribution in [3.8, 4) is 0 Å². The summed E-state index contributed by atoms with van der Waals surface area (Å²) >= 11 is 0.